The number of ether oxygens (including phenoxy) is 1. The van der Waals surface area contributed by atoms with E-state index in [9.17, 15) is 9.65 Å². The number of rotatable bonds is 5. The highest BCUT2D eigenvalue weighted by Crippen LogP contribution is 2.26. The van der Waals surface area contributed by atoms with Crippen LogP contribution in [0.3, 0.4) is 0 Å². The maximum Gasteiger partial charge on any atom is 0.138 e. The molecule has 2 aromatic rings. The van der Waals surface area contributed by atoms with Crippen molar-refractivity contribution < 1.29 is 13.7 Å². The third kappa shape index (κ3) is 3.15. The number of aromatic nitrogens is 1. The molecule has 0 N–H and O–H groups in total. The Labute approximate surface area is 116 Å². The lowest BCUT2D eigenvalue weighted by molar-refractivity contribution is 0.304. The third-order valence-corrected chi connectivity index (χ3v) is 3.06. The van der Waals surface area contributed by atoms with E-state index in [1.165, 1.54) is 12.1 Å². The number of hydrogen-bond donors (Lipinski definition) is 0. The van der Waals surface area contributed by atoms with Gasteiger partial charge in [0.15, 0.2) is 0 Å². The van der Waals surface area contributed by atoms with E-state index < -0.39 is 0 Å². The Kier molecular flexibility index (Phi) is 4.36. The molecule has 0 amide bonds. The van der Waals surface area contributed by atoms with Gasteiger partial charge in [-0.1, -0.05) is 11.2 Å². The van der Waals surface area contributed by atoms with Gasteiger partial charge in [-0.25, -0.2) is 4.39 Å². The molecule has 0 aliphatic rings. The number of hydrogen-bond acceptors (Lipinski definition) is 4. The van der Waals surface area contributed by atoms with Crippen LogP contribution in [0.5, 0.6) is 5.75 Å². The summed E-state index contributed by atoms with van der Waals surface area (Å²) in [7, 11) is 0. The fourth-order valence-electron chi connectivity index (χ4n) is 2.11. The predicted octanol–water partition coefficient (Wildman–Crippen LogP) is 3.51. The van der Waals surface area contributed by atoms with Gasteiger partial charge in [0.1, 0.15) is 17.3 Å². The van der Waals surface area contributed by atoms with Crippen molar-refractivity contribution in [3.05, 3.63) is 47.1 Å². The van der Waals surface area contributed by atoms with E-state index in [0.717, 1.165) is 11.3 Å². The highest BCUT2D eigenvalue weighted by Gasteiger charge is 2.20. The number of nitriles is 1. The smallest absolute Gasteiger partial charge is 0.138 e. The van der Waals surface area contributed by atoms with Crippen molar-refractivity contribution in [3.8, 4) is 11.8 Å². The zero-order valence-corrected chi connectivity index (χ0v) is 11.4. The summed E-state index contributed by atoms with van der Waals surface area (Å²) in [5.74, 6) is 0.431. The van der Waals surface area contributed by atoms with Crippen molar-refractivity contribution in [2.45, 2.75) is 26.2 Å². The zero-order chi connectivity index (χ0) is 14.5. The lowest BCUT2D eigenvalue weighted by Crippen LogP contribution is -2.06. The average Bonchev–Trinajstić information content (AvgIpc) is 2.75. The minimum atomic E-state index is -0.343. The lowest BCUT2D eigenvalue weighted by atomic mass is 9.96. The molecule has 0 aliphatic carbocycles. The van der Waals surface area contributed by atoms with Crippen LogP contribution in [0.25, 0.3) is 0 Å². The molecule has 0 saturated heterocycles. The second kappa shape index (κ2) is 6.20. The zero-order valence-electron chi connectivity index (χ0n) is 11.4. The Morgan fingerprint density at radius 2 is 2.25 bits per heavy atom. The molecular formula is C15H15FN2O2. The molecule has 0 bridgehead atoms. The van der Waals surface area contributed by atoms with E-state index in [0.29, 0.717) is 24.5 Å². The Hall–Kier alpha value is -2.35. The summed E-state index contributed by atoms with van der Waals surface area (Å²) in [5.41, 5.74) is 1.54. The molecule has 0 fully saturated rings. The maximum absolute atomic E-state index is 13.0. The third-order valence-electron chi connectivity index (χ3n) is 3.06. The van der Waals surface area contributed by atoms with Crippen LogP contribution in [0.2, 0.25) is 0 Å². The Morgan fingerprint density at radius 1 is 1.45 bits per heavy atom. The van der Waals surface area contributed by atoms with E-state index in [2.05, 4.69) is 11.2 Å². The van der Waals surface area contributed by atoms with E-state index in [4.69, 9.17) is 9.26 Å². The van der Waals surface area contributed by atoms with Gasteiger partial charge in [0.25, 0.3) is 0 Å². The van der Waals surface area contributed by atoms with Gasteiger partial charge >= 0.3 is 0 Å². The Morgan fingerprint density at radius 3 is 2.85 bits per heavy atom. The maximum atomic E-state index is 13.0. The van der Waals surface area contributed by atoms with Crippen molar-refractivity contribution in [3.63, 3.8) is 0 Å². The van der Waals surface area contributed by atoms with Crippen LogP contribution in [0, 0.1) is 31.0 Å². The molecule has 1 aromatic carbocycles. The minimum Gasteiger partial charge on any atom is -0.493 e. The molecule has 0 spiro atoms. The van der Waals surface area contributed by atoms with E-state index >= 15 is 0 Å². The summed E-state index contributed by atoms with van der Waals surface area (Å²) < 4.78 is 23.5. The standard InChI is InChI=1S/C15H15FN2O2/c1-10-15(11(2)20-18-10)12(9-17)6-7-19-14-5-3-4-13(16)8-14/h3-5,8,12H,6-7H2,1-2H3. The number of aryl methyl sites for hydroxylation is 2. The fraction of sp³-hybridized carbons (Fsp3) is 0.333. The van der Waals surface area contributed by atoms with Gasteiger partial charge in [-0.2, -0.15) is 5.26 Å². The van der Waals surface area contributed by atoms with Gasteiger partial charge in [0.05, 0.1) is 24.3 Å². The lowest BCUT2D eigenvalue weighted by Gasteiger charge is -2.10. The van der Waals surface area contributed by atoms with Crippen LogP contribution >= 0.6 is 0 Å². The average molecular weight is 274 g/mol. The Bertz CT molecular complexity index is 612. The van der Waals surface area contributed by atoms with Crippen molar-refractivity contribution >= 4 is 0 Å². The van der Waals surface area contributed by atoms with Crippen LogP contribution in [-0.2, 0) is 0 Å². The topological polar surface area (TPSA) is 59.0 Å². The molecule has 0 radical (unpaired) electrons. The quantitative estimate of drug-likeness (QED) is 0.837. The molecule has 0 saturated carbocycles. The van der Waals surface area contributed by atoms with Gasteiger partial charge < -0.3 is 9.26 Å². The molecule has 5 heteroatoms. The highest BCUT2D eigenvalue weighted by atomic mass is 19.1. The molecule has 2 rings (SSSR count). The Balaban J connectivity index is 1.97. The van der Waals surface area contributed by atoms with Crippen LogP contribution in [0.15, 0.2) is 28.8 Å². The van der Waals surface area contributed by atoms with Crippen molar-refractivity contribution in [1.82, 2.24) is 5.16 Å². The molecule has 20 heavy (non-hydrogen) atoms. The van der Waals surface area contributed by atoms with E-state index in [1.807, 2.05) is 6.92 Å². The molecular weight excluding hydrogens is 259 g/mol. The summed E-state index contributed by atoms with van der Waals surface area (Å²) in [4.78, 5) is 0. The summed E-state index contributed by atoms with van der Waals surface area (Å²) in [6.07, 6.45) is 0.496. The first-order valence-corrected chi connectivity index (χ1v) is 6.32. The highest BCUT2D eigenvalue weighted by molar-refractivity contribution is 5.30. The first-order valence-electron chi connectivity index (χ1n) is 6.32. The molecule has 1 unspecified atom stereocenters. The van der Waals surface area contributed by atoms with Gasteiger partial charge in [-0.05, 0) is 26.0 Å². The van der Waals surface area contributed by atoms with Gasteiger partial charge in [0, 0.05) is 18.1 Å². The van der Waals surface area contributed by atoms with E-state index in [-0.39, 0.29) is 11.7 Å². The SMILES string of the molecule is Cc1noc(C)c1C(C#N)CCOc1cccc(F)c1. The van der Waals surface area contributed by atoms with Crippen LogP contribution in [0.1, 0.15) is 29.4 Å². The monoisotopic (exact) mass is 274 g/mol. The summed E-state index contributed by atoms with van der Waals surface area (Å²) in [5, 5.41) is 13.1. The van der Waals surface area contributed by atoms with Crippen LogP contribution < -0.4 is 4.74 Å². The number of halogens is 1. The molecule has 1 aromatic heterocycles. The van der Waals surface area contributed by atoms with Crippen molar-refractivity contribution in [2.75, 3.05) is 6.61 Å². The van der Waals surface area contributed by atoms with Crippen molar-refractivity contribution in [1.29, 1.82) is 5.26 Å². The number of benzene rings is 1. The summed E-state index contributed by atoms with van der Waals surface area (Å²) in [6, 6.07) is 8.17. The molecule has 1 atom stereocenters. The van der Waals surface area contributed by atoms with Gasteiger partial charge in [-0.15, -0.1) is 0 Å². The van der Waals surface area contributed by atoms with Gasteiger partial charge in [0.2, 0.25) is 0 Å². The molecule has 1 heterocycles. The van der Waals surface area contributed by atoms with Gasteiger partial charge in [-0.3, -0.25) is 0 Å². The largest absolute Gasteiger partial charge is 0.493 e. The fourth-order valence-corrected chi connectivity index (χ4v) is 2.11. The second-order valence-corrected chi connectivity index (χ2v) is 4.51. The molecule has 0 aliphatic heterocycles. The first-order chi connectivity index (χ1) is 9.61. The molecule has 4 nitrogen and oxygen atoms in total. The van der Waals surface area contributed by atoms with Crippen LogP contribution in [-0.4, -0.2) is 11.8 Å². The summed E-state index contributed by atoms with van der Waals surface area (Å²) >= 11 is 0. The van der Waals surface area contributed by atoms with Crippen molar-refractivity contribution in [2.24, 2.45) is 0 Å². The minimum absolute atomic E-state index is 0.325. The molecule has 104 valence electrons. The predicted molar refractivity (Wildman–Crippen MR) is 70.8 cm³/mol. The first kappa shape index (κ1) is 14.1. The van der Waals surface area contributed by atoms with E-state index in [1.54, 1.807) is 19.1 Å². The normalized spacial score (nSPS) is 11.9. The van der Waals surface area contributed by atoms with Crippen LogP contribution in [0.4, 0.5) is 4.39 Å². The second-order valence-electron chi connectivity index (χ2n) is 4.51. The summed E-state index contributed by atoms with van der Waals surface area (Å²) in [6.45, 7) is 3.92. The number of nitrogens with zero attached hydrogens (tertiary/aromatic N) is 2.